The molecule has 2 aliphatic rings. The predicted molar refractivity (Wildman–Crippen MR) is 124 cm³/mol. The number of rotatable bonds is 6. The van der Waals surface area contributed by atoms with Crippen LogP contribution in [0.5, 0.6) is 17.2 Å². The van der Waals surface area contributed by atoms with Crippen molar-refractivity contribution < 1.29 is 29.3 Å². The molecule has 0 radical (unpaired) electrons. The summed E-state index contributed by atoms with van der Waals surface area (Å²) in [6.07, 6.45) is 3.48. The van der Waals surface area contributed by atoms with Crippen LogP contribution in [0, 0.1) is 0 Å². The Kier molecular flexibility index (Phi) is 6.51. The quantitative estimate of drug-likeness (QED) is 0.356. The minimum absolute atomic E-state index is 0.0266. The molecule has 1 amide bonds. The number of hydrogen-bond acceptors (Lipinski definition) is 6. The molecule has 2 N–H and O–H groups in total. The zero-order valence-electron chi connectivity index (χ0n) is 18.5. The van der Waals surface area contributed by atoms with E-state index in [9.17, 15) is 19.8 Å². The zero-order valence-corrected chi connectivity index (χ0v) is 19.3. The third-order valence-corrected chi connectivity index (χ3v) is 6.53. The summed E-state index contributed by atoms with van der Waals surface area (Å²) in [6.45, 7) is 2.19. The standard InChI is InChI=1S/C25H26ClNO6/c1-3-33-20-13-15(8-10-17(20)26)23(29)21-22(14-9-11-19(32-2)18(28)12-14)27(25(31)24(21)30)16-6-4-5-7-16/h8-13,16,22,28-29H,3-7H2,1-2H3/b23-21-. The monoisotopic (exact) mass is 471 g/mol. The Morgan fingerprint density at radius 2 is 1.85 bits per heavy atom. The van der Waals surface area contributed by atoms with Crippen molar-refractivity contribution in [1.29, 1.82) is 0 Å². The summed E-state index contributed by atoms with van der Waals surface area (Å²) in [4.78, 5) is 27.9. The van der Waals surface area contributed by atoms with Gasteiger partial charge in [0, 0.05) is 11.6 Å². The summed E-state index contributed by atoms with van der Waals surface area (Å²) in [5.41, 5.74) is 0.802. The molecule has 4 rings (SSSR count). The molecule has 7 nitrogen and oxygen atoms in total. The molecule has 1 heterocycles. The molecule has 1 saturated heterocycles. The number of Topliss-reactive ketones (excluding diaryl/α,β-unsaturated/α-hetero) is 1. The Labute approximate surface area is 197 Å². The van der Waals surface area contributed by atoms with E-state index in [-0.39, 0.29) is 28.9 Å². The van der Waals surface area contributed by atoms with E-state index in [1.165, 1.54) is 13.2 Å². The SMILES string of the molecule is CCOc1cc(/C(O)=C2/C(=O)C(=O)N(C3CCCC3)C2c2ccc(OC)c(O)c2)ccc1Cl. The number of phenolic OH excluding ortho intramolecular Hbond substituents is 1. The lowest BCUT2D eigenvalue weighted by Gasteiger charge is -2.31. The molecule has 33 heavy (non-hydrogen) atoms. The number of halogens is 1. The average molecular weight is 472 g/mol. The minimum atomic E-state index is -0.837. The number of aliphatic hydroxyl groups is 1. The van der Waals surface area contributed by atoms with Crippen LogP contribution in [0.4, 0.5) is 0 Å². The van der Waals surface area contributed by atoms with Crippen LogP contribution in [0.2, 0.25) is 5.02 Å². The molecule has 2 aromatic rings. The lowest BCUT2D eigenvalue weighted by atomic mass is 9.94. The maximum atomic E-state index is 13.2. The van der Waals surface area contributed by atoms with Crippen molar-refractivity contribution in [2.45, 2.75) is 44.7 Å². The number of aliphatic hydroxyl groups excluding tert-OH is 1. The largest absolute Gasteiger partial charge is 0.507 e. The molecular weight excluding hydrogens is 446 g/mol. The van der Waals surface area contributed by atoms with Gasteiger partial charge in [0.1, 0.15) is 11.5 Å². The van der Waals surface area contributed by atoms with Crippen LogP contribution in [-0.2, 0) is 9.59 Å². The normalized spacial score (nSPS) is 20.5. The average Bonchev–Trinajstić information content (AvgIpc) is 3.42. The molecule has 1 atom stereocenters. The number of aromatic hydroxyl groups is 1. The lowest BCUT2D eigenvalue weighted by Crippen LogP contribution is -2.37. The van der Waals surface area contributed by atoms with Crippen LogP contribution < -0.4 is 9.47 Å². The van der Waals surface area contributed by atoms with Gasteiger partial charge in [-0.15, -0.1) is 0 Å². The molecule has 1 unspecified atom stereocenters. The second-order valence-corrected chi connectivity index (χ2v) is 8.56. The van der Waals surface area contributed by atoms with Gasteiger partial charge in [0.25, 0.3) is 11.7 Å². The number of methoxy groups -OCH3 is 1. The number of ether oxygens (including phenoxy) is 2. The van der Waals surface area contributed by atoms with E-state index in [0.717, 1.165) is 25.7 Å². The Bertz CT molecular complexity index is 1120. The van der Waals surface area contributed by atoms with E-state index in [1.807, 2.05) is 6.92 Å². The van der Waals surface area contributed by atoms with Crippen LogP contribution in [0.3, 0.4) is 0 Å². The summed E-state index contributed by atoms with van der Waals surface area (Å²) in [5.74, 6) is -1.19. The number of likely N-dealkylation sites (tertiary alicyclic amines) is 1. The molecule has 2 aromatic carbocycles. The summed E-state index contributed by atoms with van der Waals surface area (Å²) < 4.78 is 10.7. The van der Waals surface area contributed by atoms with Crippen molar-refractivity contribution in [3.63, 3.8) is 0 Å². The Hall–Kier alpha value is -3.19. The number of hydrogen-bond donors (Lipinski definition) is 2. The Morgan fingerprint density at radius 1 is 1.12 bits per heavy atom. The number of phenols is 1. The van der Waals surface area contributed by atoms with Gasteiger partial charge in [-0.25, -0.2) is 0 Å². The van der Waals surface area contributed by atoms with Crippen molar-refractivity contribution in [1.82, 2.24) is 4.90 Å². The minimum Gasteiger partial charge on any atom is -0.507 e. The highest BCUT2D eigenvalue weighted by Gasteiger charge is 2.49. The van der Waals surface area contributed by atoms with E-state index < -0.39 is 17.7 Å². The summed E-state index contributed by atoms with van der Waals surface area (Å²) in [7, 11) is 1.44. The molecule has 174 valence electrons. The third-order valence-electron chi connectivity index (χ3n) is 6.22. The highest BCUT2D eigenvalue weighted by Crippen LogP contribution is 2.45. The van der Waals surface area contributed by atoms with E-state index in [0.29, 0.717) is 28.5 Å². The smallest absolute Gasteiger partial charge is 0.295 e. The number of benzene rings is 2. The molecule has 0 aromatic heterocycles. The van der Waals surface area contributed by atoms with E-state index >= 15 is 0 Å². The lowest BCUT2D eigenvalue weighted by molar-refractivity contribution is -0.141. The third kappa shape index (κ3) is 4.13. The van der Waals surface area contributed by atoms with Crippen molar-refractivity contribution >= 4 is 29.1 Å². The second kappa shape index (κ2) is 9.35. The molecule has 1 aliphatic heterocycles. The van der Waals surface area contributed by atoms with Gasteiger partial charge in [-0.2, -0.15) is 0 Å². The number of amides is 1. The first kappa shape index (κ1) is 23.0. The molecule has 0 bridgehead atoms. The maximum Gasteiger partial charge on any atom is 0.295 e. The van der Waals surface area contributed by atoms with E-state index in [1.54, 1.807) is 35.2 Å². The second-order valence-electron chi connectivity index (χ2n) is 8.15. The number of nitrogens with zero attached hydrogens (tertiary/aromatic N) is 1. The van der Waals surface area contributed by atoms with Gasteiger partial charge in [0.05, 0.1) is 30.4 Å². The predicted octanol–water partition coefficient (Wildman–Crippen LogP) is 4.82. The fourth-order valence-corrected chi connectivity index (χ4v) is 4.86. The fourth-order valence-electron chi connectivity index (χ4n) is 4.69. The Morgan fingerprint density at radius 3 is 2.48 bits per heavy atom. The van der Waals surface area contributed by atoms with Gasteiger partial charge in [-0.05, 0) is 55.7 Å². The van der Waals surface area contributed by atoms with Crippen molar-refractivity contribution in [3.8, 4) is 17.2 Å². The molecule has 1 aliphatic carbocycles. The molecule has 8 heteroatoms. The molecule has 0 spiro atoms. The molecule has 2 fully saturated rings. The van der Waals surface area contributed by atoms with E-state index in [2.05, 4.69) is 0 Å². The summed E-state index contributed by atoms with van der Waals surface area (Å²) in [6, 6.07) is 8.48. The number of carbonyl (C=O) groups is 2. The molecule has 1 saturated carbocycles. The van der Waals surface area contributed by atoms with Crippen molar-refractivity contribution in [3.05, 3.63) is 58.1 Å². The maximum absolute atomic E-state index is 13.2. The summed E-state index contributed by atoms with van der Waals surface area (Å²) in [5, 5.41) is 22.0. The van der Waals surface area contributed by atoms with Crippen LogP contribution in [0.15, 0.2) is 42.0 Å². The first-order valence-corrected chi connectivity index (χ1v) is 11.3. The van der Waals surface area contributed by atoms with Gasteiger partial charge in [0.2, 0.25) is 0 Å². The topological polar surface area (TPSA) is 96.3 Å². The first-order valence-electron chi connectivity index (χ1n) is 11.0. The van der Waals surface area contributed by atoms with Gasteiger partial charge in [-0.1, -0.05) is 30.5 Å². The zero-order chi connectivity index (χ0) is 23.7. The van der Waals surface area contributed by atoms with Gasteiger partial charge in [0.15, 0.2) is 11.5 Å². The van der Waals surface area contributed by atoms with Crippen LogP contribution in [-0.4, -0.2) is 46.6 Å². The van der Waals surface area contributed by atoms with Gasteiger partial charge in [-0.3, -0.25) is 9.59 Å². The van der Waals surface area contributed by atoms with E-state index in [4.69, 9.17) is 21.1 Å². The number of carbonyl (C=O) groups excluding carboxylic acids is 2. The van der Waals surface area contributed by atoms with Crippen molar-refractivity contribution in [2.24, 2.45) is 0 Å². The first-order chi connectivity index (χ1) is 15.9. The number of ketones is 1. The van der Waals surface area contributed by atoms with Gasteiger partial charge >= 0.3 is 0 Å². The van der Waals surface area contributed by atoms with Gasteiger partial charge < -0.3 is 24.6 Å². The van der Waals surface area contributed by atoms with Crippen LogP contribution >= 0.6 is 11.6 Å². The fraction of sp³-hybridized carbons (Fsp3) is 0.360. The summed E-state index contributed by atoms with van der Waals surface area (Å²) >= 11 is 6.18. The highest BCUT2D eigenvalue weighted by atomic mass is 35.5. The molecular formula is C25H26ClNO6. The van der Waals surface area contributed by atoms with Crippen LogP contribution in [0.1, 0.15) is 49.8 Å². The van der Waals surface area contributed by atoms with Crippen LogP contribution in [0.25, 0.3) is 5.76 Å². The highest BCUT2D eigenvalue weighted by molar-refractivity contribution is 6.46. The van der Waals surface area contributed by atoms with Crippen molar-refractivity contribution in [2.75, 3.05) is 13.7 Å². The Balaban J connectivity index is 1.89.